The Hall–Kier alpha value is -2.76. The van der Waals surface area contributed by atoms with Gasteiger partial charge in [-0.3, -0.25) is 0 Å². The first-order chi connectivity index (χ1) is 14.2. The topological polar surface area (TPSA) is 0 Å². The highest BCUT2D eigenvalue weighted by Gasteiger charge is 2.16. The number of hydrogen-bond donors (Lipinski definition) is 0. The van der Waals surface area contributed by atoms with Gasteiger partial charge in [-0.25, -0.2) is 26.3 Å². The van der Waals surface area contributed by atoms with Crippen molar-refractivity contribution in [2.45, 2.75) is 39.5 Å². The quantitative estimate of drug-likeness (QED) is 0.388. The lowest BCUT2D eigenvalue weighted by Gasteiger charge is -2.11. The molecule has 0 heterocycles. The van der Waals surface area contributed by atoms with Gasteiger partial charge in [0.25, 0.3) is 0 Å². The summed E-state index contributed by atoms with van der Waals surface area (Å²) in [4.78, 5) is 0. The smallest absolute Gasteiger partial charge is 0.129 e. The highest BCUT2D eigenvalue weighted by molar-refractivity contribution is 5.31. The van der Waals surface area contributed by atoms with E-state index in [1.54, 1.807) is 6.92 Å². The van der Waals surface area contributed by atoms with Crippen LogP contribution in [0.2, 0.25) is 0 Å². The van der Waals surface area contributed by atoms with Gasteiger partial charge in [-0.2, -0.15) is 0 Å². The summed E-state index contributed by atoms with van der Waals surface area (Å²) in [6.07, 6.45) is -0.235. The first-order valence-electron chi connectivity index (χ1n) is 9.51. The molecule has 0 aliphatic carbocycles. The van der Waals surface area contributed by atoms with Crippen molar-refractivity contribution in [1.82, 2.24) is 0 Å². The molecule has 3 aromatic rings. The number of benzene rings is 3. The maximum Gasteiger partial charge on any atom is 0.129 e. The van der Waals surface area contributed by atoms with Gasteiger partial charge < -0.3 is 0 Å². The van der Waals surface area contributed by atoms with Crippen LogP contribution in [0.4, 0.5) is 26.3 Å². The van der Waals surface area contributed by atoms with Gasteiger partial charge in [0, 0.05) is 11.1 Å². The Kier molecular flexibility index (Phi) is 6.54. The molecule has 30 heavy (non-hydrogen) atoms. The summed E-state index contributed by atoms with van der Waals surface area (Å²) in [5.74, 6) is -4.31. The number of rotatable bonds is 6. The Bertz CT molecular complexity index is 1040. The average molecular weight is 422 g/mol. The molecule has 0 N–H and O–H groups in total. The van der Waals surface area contributed by atoms with Crippen LogP contribution in [0, 0.1) is 48.8 Å². The molecule has 0 nitrogen and oxygen atoms in total. The van der Waals surface area contributed by atoms with Crippen LogP contribution in [0.15, 0.2) is 36.4 Å². The van der Waals surface area contributed by atoms with Crippen molar-refractivity contribution >= 4 is 0 Å². The van der Waals surface area contributed by atoms with E-state index in [-0.39, 0.29) is 53.5 Å². The molecule has 3 rings (SSSR count). The van der Waals surface area contributed by atoms with E-state index in [1.807, 2.05) is 0 Å². The van der Waals surface area contributed by atoms with Crippen LogP contribution < -0.4 is 0 Å². The molecule has 0 unspecified atom stereocenters. The van der Waals surface area contributed by atoms with Gasteiger partial charge in [0.2, 0.25) is 0 Å². The lowest BCUT2D eigenvalue weighted by Crippen LogP contribution is -2.05. The molecule has 0 radical (unpaired) electrons. The fraction of sp³-hybridized carbons (Fsp3) is 0.250. The molecular formula is C24H20F6. The predicted octanol–water partition coefficient (Wildman–Crippen LogP) is 6.71. The van der Waals surface area contributed by atoms with Gasteiger partial charge in [0.15, 0.2) is 0 Å². The van der Waals surface area contributed by atoms with Crippen LogP contribution in [-0.4, -0.2) is 0 Å². The number of hydrogen-bond acceptors (Lipinski definition) is 0. The fourth-order valence-corrected chi connectivity index (χ4v) is 3.42. The Balaban J connectivity index is 1.74. The lowest BCUT2D eigenvalue weighted by atomic mass is 9.98. The van der Waals surface area contributed by atoms with E-state index in [9.17, 15) is 26.3 Å². The molecule has 6 heteroatoms. The Morgan fingerprint density at radius 1 is 0.500 bits per heavy atom. The van der Waals surface area contributed by atoms with Crippen molar-refractivity contribution in [2.24, 2.45) is 0 Å². The van der Waals surface area contributed by atoms with Gasteiger partial charge in [-0.1, -0.05) is 0 Å². The summed E-state index contributed by atoms with van der Waals surface area (Å²) in [6.45, 7) is 2.99. The molecule has 0 spiro atoms. The summed E-state index contributed by atoms with van der Waals surface area (Å²) in [5, 5.41) is 0. The van der Waals surface area contributed by atoms with Crippen LogP contribution in [-0.2, 0) is 25.7 Å². The lowest BCUT2D eigenvalue weighted by molar-refractivity contribution is 0.532. The highest BCUT2D eigenvalue weighted by Crippen LogP contribution is 2.23. The zero-order valence-electron chi connectivity index (χ0n) is 16.6. The second-order valence-corrected chi connectivity index (χ2v) is 7.44. The predicted molar refractivity (Wildman–Crippen MR) is 103 cm³/mol. The van der Waals surface area contributed by atoms with E-state index in [4.69, 9.17) is 0 Å². The average Bonchev–Trinajstić information content (AvgIpc) is 2.64. The summed E-state index contributed by atoms with van der Waals surface area (Å²) >= 11 is 0. The number of aryl methyl sites for hydroxylation is 4. The third-order valence-electron chi connectivity index (χ3n) is 5.12. The maximum atomic E-state index is 14.4. The minimum atomic E-state index is -0.839. The van der Waals surface area contributed by atoms with Crippen LogP contribution in [0.3, 0.4) is 0 Å². The van der Waals surface area contributed by atoms with Gasteiger partial charge in [0.05, 0.1) is 0 Å². The van der Waals surface area contributed by atoms with Crippen LogP contribution in [0.1, 0.15) is 33.4 Å². The normalized spacial score (nSPS) is 11.2. The van der Waals surface area contributed by atoms with E-state index < -0.39 is 34.9 Å². The maximum absolute atomic E-state index is 14.4. The van der Waals surface area contributed by atoms with Crippen molar-refractivity contribution in [3.8, 4) is 0 Å². The van der Waals surface area contributed by atoms with Gasteiger partial charge >= 0.3 is 0 Å². The second-order valence-electron chi connectivity index (χ2n) is 7.44. The van der Waals surface area contributed by atoms with E-state index in [0.29, 0.717) is 5.56 Å². The molecule has 3 aromatic carbocycles. The SMILES string of the molecule is Cc1cc(F)c(CCc2c(F)cc(CCc3cc(F)c(C)cc3F)cc2F)c(F)c1. The van der Waals surface area contributed by atoms with E-state index in [2.05, 4.69) is 0 Å². The second kappa shape index (κ2) is 8.94. The van der Waals surface area contributed by atoms with E-state index in [1.165, 1.54) is 19.1 Å². The molecule has 0 amide bonds. The van der Waals surface area contributed by atoms with Crippen LogP contribution in [0.25, 0.3) is 0 Å². The van der Waals surface area contributed by atoms with Crippen molar-refractivity contribution < 1.29 is 26.3 Å². The van der Waals surface area contributed by atoms with E-state index in [0.717, 1.165) is 24.3 Å². The highest BCUT2D eigenvalue weighted by atomic mass is 19.2. The molecule has 0 aromatic heterocycles. The number of halogens is 6. The molecule has 0 saturated carbocycles. The van der Waals surface area contributed by atoms with Crippen molar-refractivity contribution in [2.75, 3.05) is 0 Å². The molecule has 0 atom stereocenters. The minimum absolute atomic E-state index is 0.0705. The third kappa shape index (κ3) is 4.86. The zero-order chi connectivity index (χ0) is 22.0. The molecule has 0 aliphatic rings. The van der Waals surface area contributed by atoms with Crippen molar-refractivity contribution in [3.05, 3.63) is 105 Å². The molecule has 158 valence electrons. The van der Waals surface area contributed by atoms with Gasteiger partial charge in [-0.05, 0) is 98.2 Å². The first-order valence-corrected chi connectivity index (χ1v) is 9.51. The third-order valence-corrected chi connectivity index (χ3v) is 5.12. The molecule has 0 fully saturated rings. The van der Waals surface area contributed by atoms with Gasteiger partial charge in [0.1, 0.15) is 34.9 Å². The van der Waals surface area contributed by atoms with Crippen molar-refractivity contribution in [3.63, 3.8) is 0 Å². The largest absolute Gasteiger partial charge is 0.207 e. The summed E-state index contributed by atoms with van der Waals surface area (Å²) < 4.78 is 84.3. The Labute approximate surface area is 171 Å². The molecular weight excluding hydrogens is 402 g/mol. The molecule has 0 aliphatic heterocycles. The van der Waals surface area contributed by atoms with Gasteiger partial charge in [-0.15, -0.1) is 0 Å². The monoisotopic (exact) mass is 422 g/mol. The minimum Gasteiger partial charge on any atom is -0.207 e. The molecule has 0 saturated heterocycles. The fourth-order valence-electron chi connectivity index (χ4n) is 3.42. The Morgan fingerprint density at radius 2 is 1.00 bits per heavy atom. The standard InChI is InChI=1S/C24H20F6/c1-13-7-21(27)17(22(28)8-13)5-6-18-23(29)10-15(11-24(18)30)3-4-16-12-19(25)14(2)9-20(16)26/h7-12H,3-6H2,1-2H3. The summed E-state index contributed by atoms with van der Waals surface area (Å²) in [7, 11) is 0. The zero-order valence-corrected chi connectivity index (χ0v) is 16.6. The van der Waals surface area contributed by atoms with Crippen LogP contribution in [0.5, 0.6) is 0 Å². The summed E-state index contributed by atoms with van der Waals surface area (Å²) in [5.41, 5.74) is 0.501. The van der Waals surface area contributed by atoms with E-state index >= 15 is 0 Å². The van der Waals surface area contributed by atoms with Crippen LogP contribution >= 0.6 is 0 Å². The molecule has 0 bridgehead atoms. The first kappa shape index (κ1) is 21.9. The Morgan fingerprint density at radius 3 is 1.53 bits per heavy atom. The summed E-state index contributed by atoms with van der Waals surface area (Å²) in [6, 6.07) is 6.72. The van der Waals surface area contributed by atoms with Crippen molar-refractivity contribution in [1.29, 1.82) is 0 Å².